The van der Waals surface area contributed by atoms with E-state index in [1.807, 2.05) is 36.7 Å². The van der Waals surface area contributed by atoms with Crippen LogP contribution in [0.2, 0.25) is 0 Å². The first-order valence-corrected chi connectivity index (χ1v) is 9.39. The Morgan fingerprint density at radius 2 is 1.73 bits per heavy atom. The van der Waals surface area contributed by atoms with E-state index in [1.54, 1.807) is 0 Å². The Hall–Kier alpha value is -2.53. The van der Waals surface area contributed by atoms with Gasteiger partial charge in [-0.3, -0.25) is 4.90 Å². The molecule has 5 heteroatoms. The minimum Gasteiger partial charge on any atom is -0.486 e. The van der Waals surface area contributed by atoms with Crippen LogP contribution < -0.4 is 9.47 Å². The van der Waals surface area contributed by atoms with Gasteiger partial charge in [0.2, 0.25) is 0 Å². The molecule has 3 heterocycles. The van der Waals surface area contributed by atoms with Gasteiger partial charge in [-0.15, -0.1) is 0 Å². The fourth-order valence-corrected chi connectivity index (χ4v) is 4.09. The van der Waals surface area contributed by atoms with Gasteiger partial charge < -0.3 is 14.0 Å². The Morgan fingerprint density at radius 3 is 2.62 bits per heavy atom. The topological polar surface area (TPSA) is 39.5 Å². The molecule has 1 aromatic heterocycles. The van der Waals surface area contributed by atoms with Crippen LogP contribution >= 0.6 is 0 Å². The maximum atomic E-state index is 6.11. The minimum atomic E-state index is 0.107. The summed E-state index contributed by atoms with van der Waals surface area (Å²) < 4.78 is 14.3. The van der Waals surface area contributed by atoms with Gasteiger partial charge in [0.15, 0.2) is 11.5 Å². The number of imidazole rings is 1. The van der Waals surface area contributed by atoms with E-state index in [0.717, 1.165) is 49.5 Å². The van der Waals surface area contributed by atoms with E-state index < -0.39 is 0 Å². The summed E-state index contributed by atoms with van der Waals surface area (Å²) in [6.45, 7) is 3.71. The van der Waals surface area contributed by atoms with Gasteiger partial charge in [0.25, 0.3) is 0 Å². The van der Waals surface area contributed by atoms with Crippen molar-refractivity contribution in [2.75, 3.05) is 26.2 Å². The predicted molar refractivity (Wildman–Crippen MR) is 101 cm³/mol. The number of rotatable bonds is 3. The number of para-hydroxylation sites is 4. The van der Waals surface area contributed by atoms with Gasteiger partial charge in [-0.1, -0.05) is 24.3 Å². The van der Waals surface area contributed by atoms with Crippen molar-refractivity contribution in [3.63, 3.8) is 0 Å². The molecule has 0 radical (unpaired) electrons. The lowest BCUT2D eigenvalue weighted by molar-refractivity contribution is 0.0487. The molecule has 0 aliphatic carbocycles. The predicted octanol–water partition coefficient (Wildman–Crippen LogP) is 3.51. The number of fused-ring (bicyclic) bond motifs is 2. The van der Waals surface area contributed by atoms with Crippen molar-refractivity contribution in [2.24, 2.45) is 0 Å². The molecule has 2 aliphatic heterocycles. The maximum absolute atomic E-state index is 6.11. The van der Waals surface area contributed by atoms with Crippen LogP contribution in [0.5, 0.6) is 11.5 Å². The third-order valence-corrected chi connectivity index (χ3v) is 5.46. The molecule has 134 valence electrons. The Bertz CT molecular complexity index is 899. The number of hydrogen-bond acceptors (Lipinski definition) is 4. The van der Waals surface area contributed by atoms with Crippen molar-refractivity contribution in [2.45, 2.75) is 25.0 Å². The van der Waals surface area contributed by atoms with Crippen molar-refractivity contribution in [1.82, 2.24) is 14.5 Å². The van der Waals surface area contributed by atoms with Crippen LogP contribution in [0.3, 0.4) is 0 Å². The molecule has 2 aliphatic rings. The summed E-state index contributed by atoms with van der Waals surface area (Å²) in [6.07, 6.45) is 4.39. The highest BCUT2D eigenvalue weighted by Crippen LogP contribution is 2.32. The van der Waals surface area contributed by atoms with Gasteiger partial charge >= 0.3 is 0 Å². The maximum Gasteiger partial charge on any atom is 0.161 e. The molecule has 1 saturated heterocycles. The molecule has 26 heavy (non-hydrogen) atoms. The van der Waals surface area contributed by atoms with Crippen molar-refractivity contribution in [3.8, 4) is 11.5 Å². The highest BCUT2D eigenvalue weighted by atomic mass is 16.6. The zero-order valence-corrected chi connectivity index (χ0v) is 14.8. The zero-order chi connectivity index (χ0) is 17.3. The Kier molecular flexibility index (Phi) is 4.02. The standard InChI is InChI=1S/C21H23N3O2/c1-2-6-19-18(5-1)22-15-24(19)16-9-11-23(12-10-16)13-17-14-25-20-7-3-4-8-21(20)26-17/h1-8,15-17H,9-14H2. The number of hydrogen-bond donors (Lipinski definition) is 0. The van der Waals surface area contributed by atoms with Crippen molar-refractivity contribution in [3.05, 3.63) is 54.9 Å². The molecule has 5 nitrogen and oxygen atoms in total. The summed E-state index contributed by atoms with van der Waals surface area (Å²) in [5.41, 5.74) is 2.33. The second kappa shape index (κ2) is 6.65. The lowest BCUT2D eigenvalue weighted by atomic mass is 10.0. The lowest BCUT2D eigenvalue weighted by Gasteiger charge is -2.36. The third kappa shape index (κ3) is 2.92. The molecule has 0 bridgehead atoms. The van der Waals surface area contributed by atoms with E-state index in [0.29, 0.717) is 12.6 Å². The Balaban J connectivity index is 1.20. The normalized spacial score (nSPS) is 21.2. The van der Waals surface area contributed by atoms with Crippen LogP contribution in [-0.2, 0) is 0 Å². The number of likely N-dealkylation sites (tertiary alicyclic amines) is 1. The molecule has 0 N–H and O–H groups in total. The minimum absolute atomic E-state index is 0.107. The molecule has 1 atom stereocenters. The van der Waals surface area contributed by atoms with E-state index in [-0.39, 0.29) is 6.10 Å². The van der Waals surface area contributed by atoms with Gasteiger partial charge in [-0.25, -0.2) is 4.98 Å². The molecule has 0 amide bonds. The van der Waals surface area contributed by atoms with Gasteiger partial charge in [0.05, 0.1) is 17.4 Å². The molecule has 1 unspecified atom stereocenters. The Labute approximate surface area is 153 Å². The summed E-state index contributed by atoms with van der Waals surface area (Å²) >= 11 is 0. The number of benzene rings is 2. The summed E-state index contributed by atoms with van der Waals surface area (Å²) in [5.74, 6) is 1.72. The van der Waals surface area contributed by atoms with Gasteiger partial charge in [-0.05, 0) is 37.1 Å². The second-order valence-electron chi connectivity index (χ2n) is 7.17. The quantitative estimate of drug-likeness (QED) is 0.725. The summed E-state index contributed by atoms with van der Waals surface area (Å²) in [7, 11) is 0. The molecular formula is C21H23N3O2. The van der Waals surface area contributed by atoms with Crippen LogP contribution in [-0.4, -0.2) is 46.8 Å². The highest BCUT2D eigenvalue weighted by molar-refractivity contribution is 5.75. The number of piperidine rings is 1. The molecule has 0 spiro atoms. The van der Waals surface area contributed by atoms with Crippen molar-refractivity contribution < 1.29 is 9.47 Å². The number of aromatic nitrogens is 2. The number of ether oxygens (including phenoxy) is 2. The SMILES string of the molecule is c1ccc2c(c1)OCC(CN1CCC(n3cnc4ccccc43)CC1)O2. The highest BCUT2D eigenvalue weighted by Gasteiger charge is 2.27. The molecule has 3 aromatic rings. The smallest absolute Gasteiger partial charge is 0.161 e. The van der Waals surface area contributed by atoms with Crippen LogP contribution in [0.4, 0.5) is 0 Å². The molecule has 2 aromatic carbocycles. The molecular weight excluding hydrogens is 326 g/mol. The van der Waals surface area contributed by atoms with Gasteiger partial charge in [-0.2, -0.15) is 0 Å². The average Bonchev–Trinajstić information content (AvgIpc) is 3.13. The van der Waals surface area contributed by atoms with E-state index in [2.05, 4.69) is 32.7 Å². The van der Waals surface area contributed by atoms with E-state index >= 15 is 0 Å². The largest absolute Gasteiger partial charge is 0.486 e. The third-order valence-electron chi connectivity index (χ3n) is 5.46. The van der Waals surface area contributed by atoms with E-state index in [1.165, 1.54) is 5.52 Å². The van der Waals surface area contributed by atoms with Crippen molar-refractivity contribution >= 4 is 11.0 Å². The molecule has 1 fully saturated rings. The fourth-order valence-electron chi connectivity index (χ4n) is 4.09. The first kappa shape index (κ1) is 15.7. The van der Waals surface area contributed by atoms with Gasteiger partial charge in [0, 0.05) is 25.7 Å². The first-order chi connectivity index (χ1) is 12.9. The van der Waals surface area contributed by atoms with Gasteiger partial charge in [0.1, 0.15) is 12.7 Å². The first-order valence-electron chi connectivity index (χ1n) is 9.39. The zero-order valence-electron chi connectivity index (χ0n) is 14.8. The van der Waals surface area contributed by atoms with E-state index in [4.69, 9.17) is 9.47 Å². The monoisotopic (exact) mass is 349 g/mol. The average molecular weight is 349 g/mol. The second-order valence-corrected chi connectivity index (χ2v) is 7.17. The molecule has 5 rings (SSSR count). The Morgan fingerprint density at radius 1 is 0.962 bits per heavy atom. The lowest BCUT2D eigenvalue weighted by Crippen LogP contribution is -2.44. The van der Waals surface area contributed by atoms with Crippen LogP contribution in [0, 0.1) is 0 Å². The van der Waals surface area contributed by atoms with Crippen LogP contribution in [0.25, 0.3) is 11.0 Å². The summed E-state index contributed by atoms with van der Waals surface area (Å²) in [4.78, 5) is 7.04. The van der Waals surface area contributed by atoms with E-state index in [9.17, 15) is 0 Å². The molecule has 0 saturated carbocycles. The summed E-state index contributed by atoms with van der Waals surface area (Å²) in [5, 5.41) is 0. The van der Waals surface area contributed by atoms with Crippen LogP contribution in [0.15, 0.2) is 54.9 Å². The fraction of sp³-hybridized carbons (Fsp3) is 0.381. The van der Waals surface area contributed by atoms with Crippen molar-refractivity contribution in [1.29, 1.82) is 0 Å². The van der Waals surface area contributed by atoms with Crippen LogP contribution in [0.1, 0.15) is 18.9 Å². The number of nitrogens with zero attached hydrogens (tertiary/aromatic N) is 3. The summed E-state index contributed by atoms with van der Waals surface area (Å²) in [6, 6.07) is 16.8.